The Labute approximate surface area is 123 Å². The molecule has 0 fully saturated rings. The topological polar surface area (TPSA) is 84.3 Å². The number of benzene rings is 1. The van der Waals surface area contributed by atoms with Gasteiger partial charge in [0.1, 0.15) is 5.82 Å². The first-order valence-electron chi connectivity index (χ1n) is 6.37. The van der Waals surface area contributed by atoms with E-state index in [2.05, 4.69) is 10.3 Å². The van der Waals surface area contributed by atoms with E-state index in [9.17, 15) is 13.2 Å². The highest BCUT2D eigenvalue weighted by Gasteiger charge is 2.15. The average Bonchev–Trinajstić information content (AvgIpc) is 2.73. The summed E-state index contributed by atoms with van der Waals surface area (Å²) < 4.78 is 25.4. The second kappa shape index (κ2) is 5.82. The van der Waals surface area contributed by atoms with Crippen LogP contribution in [0.15, 0.2) is 24.3 Å². The van der Waals surface area contributed by atoms with E-state index < -0.39 is 10.0 Å². The maximum atomic E-state index is 11.7. The number of aryl methyl sites for hydroxylation is 1. The number of imidazole rings is 1. The monoisotopic (exact) mass is 310 g/mol. The number of carbonyl (C=O) groups is 1. The number of nitrogens with one attached hydrogen (secondary N) is 1. The van der Waals surface area contributed by atoms with Crippen LogP contribution in [0.2, 0.25) is 0 Å². The maximum absolute atomic E-state index is 11.7. The fourth-order valence-electron chi connectivity index (χ4n) is 1.91. The van der Waals surface area contributed by atoms with E-state index in [1.807, 2.05) is 35.9 Å². The highest BCUT2D eigenvalue weighted by molar-refractivity contribution is 7.88. The third kappa shape index (κ3) is 3.59. The molecule has 0 saturated carbocycles. The van der Waals surface area contributed by atoms with Crippen molar-refractivity contribution in [1.82, 2.24) is 19.2 Å². The van der Waals surface area contributed by atoms with Crippen LogP contribution in [0.25, 0.3) is 11.0 Å². The molecule has 0 atom stereocenters. The molecule has 0 radical (unpaired) electrons. The number of rotatable bonds is 5. The predicted octanol–water partition coefficient (Wildman–Crippen LogP) is 0.0809. The number of aromatic nitrogens is 2. The molecule has 1 aromatic carbocycles. The number of sulfonamides is 1. The van der Waals surface area contributed by atoms with Crippen molar-refractivity contribution in [2.45, 2.75) is 6.54 Å². The first-order chi connectivity index (χ1) is 9.79. The van der Waals surface area contributed by atoms with Crippen molar-refractivity contribution in [3.05, 3.63) is 30.1 Å². The van der Waals surface area contributed by atoms with Crippen LogP contribution >= 0.6 is 0 Å². The minimum Gasteiger partial charge on any atom is -0.348 e. The highest BCUT2D eigenvalue weighted by Crippen LogP contribution is 2.13. The Kier molecular flexibility index (Phi) is 4.29. The lowest BCUT2D eigenvalue weighted by Crippen LogP contribution is -2.37. The van der Waals surface area contributed by atoms with Gasteiger partial charge in [0.15, 0.2) is 0 Å². The number of amides is 1. The van der Waals surface area contributed by atoms with Crippen LogP contribution in [0.4, 0.5) is 0 Å². The Bertz CT molecular complexity index is 767. The van der Waals surface area contributed by atoms with E-state index in [0.29, 0.717) is 5.82 Å². The van der Waals surface area contributed by atoms with E-state index in [1.165, 1.54) is 7.05 Å². The van der Waals surface area contributed by atoms with Gasteiger partial charge in [0.25, 0.3) is 0 Å². The average molecular weight is 310 g/mol. The van der Waals surface area contributed by atoms with Crippen molar-refractivity contribution in [1.29, 1.82) is 0 Å². The van der Waals surface area contributed by atoms with E-state index >= 15 is 0 Å². The molecule has 0 saturated heterocycles. The molecule has 0 unspecified atom stereocenters. The number of fused-ring (bicyclic) bond motifs is 1. The third-order valence-electron chi connectivity index (χ3n) is 3.26. The Balaban J connectivity index is 2.02. The van der Waals surface area contributed by atoms with E-state index in [4.69, 9.17) is 0 Å². The van der Waals surface area contributed by atoms with Crippen LogP contribution < -0.4 is 5.32 Å². The molecule has 114 valence electrons. The molecule has 1 heterocycles. The first kappa shape index (κ1) is 15.5. The summed E-state index contributed by atoms with van der Waals surface area (Å²) in [7, 11) is -0.118. The number of hydrogen-bond acceptors (Lipinski definition) is 4. The van der Waals surface area contributed by atoms with Crippen LogP contribution in [-0.2, 0) is 28.4 Å². The largest absolute Gasteiger partial charge is 0.348 e. The molecule has 2 aromatic rings. The molecule has 8 heteroatoms. The zero-order chi connectivity index (χ0) is 15.6. The number of likely N-dealkylation sites (N-methyl/N-ethyl adjacent to an activating group) is 1. The van der Waals surface area contributed by atoms with Crippen LogP contribution in [0.3, 0.4) is 0 Å². The minimum atomic E-state index is -3.36. The normalized spacial score (nSPS) is 12.0. The fraction of sp³-hybridized carbons (Fsp3) is 0.385. The minimum absolute atomic E-state index is 0.206. The summed E-state index contributed by atoms with van der Waals surface area (Å²) in [5.74, 6) is 0.349. The maximum Gasteiger partial charge on any atom is 0.235 e. The molecule has 2 rings (SSSR count). The number of carbonyl (C=O) groups excluding carboxylic acids is 1. The SMILES string of the molecule is CN(CC(=O)NCc1nc2ccccc2n1C)S(C)(=O)=O. The Hall–Kier alpha value is -1.93. The zero-order valence-corrected chi connectivity index (χ0v) is 13.0. The van der Waals surface area contributed by atoms with Crippen molar-refractivity contribution >= 4 is 27.0 Å². The summed E-state index contributed by atoms with van der Waals surface area (Å²) in [6.07, 6.45) is 1.06. The van der Waals surface area contributed by atoms with Crippen LogP contribution in [0.1, 0.15) is 5.82 Å². The molecule has 1 amide bonds. The lowest BCUT2D eigenvalue weighted by molar-refractivity contribution is -0.121. The summed E-state index contributed by atoms with van der Waals surface area (Å²) in [5.41, 5.74) is 1.84. The second-order valence-corrected chi connectivity index (χ2v) is 6.96. The van der Waals surface area contributed by atoms with Crippen molar-refractivity contribution in [3.8, 4) is 0 Å². The summed E-state index contributed by atoms with van der Waals surface area (Å²) in [4.78, 5) is 16.2. The van der Waals surface area contributed by atoms with Gasteiger partial charge in [0.05, 0.1) is 30.4 Å². The lowest BCUT2D eigenvalue weighted by Gasteiger charge is -2.13. The van der Waals surface area contributed by atoms with Crippen molar-refractivity contribution in [2.75, 3.05) is 19.8 Å². The predicted molar refractivity (Wildman–Crippen MR) is 80.0 cm³/mol. The third-order valence-corrected chi connectivity index (χ3v) is 4.52. The second-order valence-electron chi connectivity index (χ2n) is 4.87. The number of nitrogens with zero attached hydrogens (tertiary/aromatic N) is 3. The summed E-state index contributed by atoms with van der Waals surface area (Å²) >= 11 is 0. The van der Waals surface area contributed by atoms with Crippen molar-refractivity contribution < 1.29 is 13.2 Å². The van der Waals surface area contributed by atoms with E-state index in [-0.39, 0.29) is 19.0 Å². The van der Waals surface area contributed by atoms with Gasteiger partial charge in [0, 0.05) is 14.1 Å². The molecular formula is C13H18N4O3S. The van der Waals surface area contributed by atoms with Crippen molar-refractivity contribution in [3.63, 3.8) is 0 Å². The molecule has 0 aliphatic carbocycles. The standard InChI is InChI=1S/C13H18N4O3S/c1-16(21(3,19)20)9-13(18)14-8-12-15-10-6-4-5-7-11(10)17(12)2/h4-7H,8-9H2,1-3H3,(H,14,18). The van der Waals surface area contributed by atoms with Crippen LogP contribution in [-0.4, -0.2) is 48.0 Å². The summed E-state index contributed by atoms with van der Waals surface area (Å²) in [6.45, 7) is 0.0460. The Morgan fingerprint density at radius 1 is 1.38 bits per heavy atom. The molecule has 0 spiro atoms. The van der Waals surface area contributed by atoms with Gasteiger partial charge in [-0.1, -0.05) is 12.1 Å². The smallest absolute Gasteiger partial charge is 0.235 e. The van der Waals surface area contributed by atoms with Crippen molar-refractivity contribution in [2.24, 2.45) is 7.05 Å². The van der Waals surface area contributed by atoms with Crippen LogP contribution in [0, 0.1) is 0 Å². The molecule has 7 nitrogen and oxygen atoms in total. The van der Waals surface area contributed by atoms with Gasteiger partial charge in [-0.2, -0.15) is 4.31 Å². The first-order valence-corrected chi connectivity index (χ1v) is 8.22. The van der Waals surface area contributed by atoms with Crippen LogP contribution in [0.5, 0.6) is 0 Å². The van der Waals surface area contributed by atoms with Gasteiger partial charge >= 0.3 is 0 Å². The van der Waals surface area contributed by atoms with Gasteiger partial charge in [-0.05, 0) is 12.1 Å². The van der Waals surface area contributed by atoms with Gasteiger partial charge in [-0.15, -0.1) is 0 Å². The Morgan fingerprint density at radius 2 is 2.05 bits per heavy atom. The zero-order valence-electron chi connectivity index (χ0n) is 12.2. The number of para-hydroxylation sites is 2. The molecular weight excluding hydrogens is 292 g/mol. The van der Waals surface area contributed by atoms with Gasteiger partial charge in [-0.3, -0.25) is 4.79 Å². The summed E-state index contributed by atoms with van der Waals surface area (Å²) in [6, 6.07) is 7.68. The number of hydrogen-bond donors (Lipinski definition) is 1. The van der Waals surface area contributed by atoms with Gasteiger partial charge in [0.2, 0.25) is 15.9 Å². The molecule has 0 aliphatic heterocycles. The fourth-order valence-corrected chi connectivity index (χ4v) is 2.26. The van der Waals surface area contributed by atoms with E-state index in [1.54, 1.807) is 0 Å². The molecule has 0 aliphatic rings. The molecule has 21 heavy (non-hydrogen) atoms. The highest BCUT2D eigenvalue weighted by atomic mass is 32.2. The quantitative estimate of drug-likeness (QED) is 0.848. The van der Waals surface area contributed by atoms with E-state index in [0.717, 1.165) is 21.6 Å². The lowest BCUT2D eigenvalue weighted by atomic mass is 10.3. The Morgan fingerprint density at radius 3 is 2.67 bits per heavy atom. The van der Waals surface area contributed by atoms with Gasteiger partial charge < -0.3 is 9.88 Å². The molecule has 1 aromatic heterocycles. The molecule has 1 N–H and O–H groups in total. The summed E-state index contributed by atoms with van der Waals surface area (Å²) in [5, 5.41) is 2.68. The van der Waals surface area contributed by atoms with Gasteiger partial charge in [-0.25, -0.2) is 13.4 Å². The molecule has 0 bridgehead atoms.